The van der Waals surface area contributed by atoms with Crippen molar-refractivity contribution in [2.75, 3.05) is 13.1 Å². The third kappa shape index (κ3) is 7.72. The first-order valence-electron chi connectivity index (χ1n) is 10.6. The number of hydrogen-bond acceptors (Lipinski definition) is 3. The molecule has 6 nitrogen and oxygen atoms in total. The molecule has 0 radical (unpaired) electrons. The minimum atomic E-state index is -0.263. The van der Waals surface area contributed by atoms with Gasteiger partial charge in [0.05, 0.1) is 12.6 Å². The number of halogens is 1. The van der Waals surface area contributed by atoms with Crippen LogP contribution in [-0.2, 0) is 11.3 Å². The Morgan fingerprint density at radius 2 is 1.81 bits per heavy atom. The van der Waals surface area contributed by atoms with Crippen molar-refractivity contribution in [2.24, 2.45) is 4.99 Å². The molecule has 168 valence electrons. The number of aliphatic imine (C=N–C) groups is 1. The highest BCUT2D eigenvalue weighted by Gasteiger charge is 2.33. The standard InChI is InChI=1S/C24H32N4O2.HI/c1-4-25-23(26-15-14-22(29)27-17-18-10-6-5-7-11-18)28-20-16-24(2,3)30-21-13-9-8-12-19(20)21;/h5-13,20H,4,14-17H2,1-3H3,(H,27,29)(H2,25,26,28);1H. The van der Waals surface area contributed by atoms with Gasteiger partial charge in [0.1, 0.15) is 11.4 Å². The van der Waals surface area contributed by atoms with Crippen molar-refractivity contribution in [3.05, 3.63) is 65.7 Å². The Morgan fingerprint density at radius 1 is 1.10 bits per heavy atom. The molecule has 1 atom stereocenters. The molecular weight excluding hydrogens is 503 g/mol. The van der Waals surface area contributed by atoms with Crippen molar-refractivity contribution in [2.45, 2.75) is 51.8 Å². The second-order valence-corrected chi connectivity index (χ2v) is 8.07. The molecule has 1 aliphatic rings. The summed E-state index contributed by atoms with van der Waals surface area (Å²) in [7, 11) is 0. The normalized spacial score (nSPS) is 16.9. The maximum absolute atomic E-state index is 12.2. The van der Waals surface area contributed by atoms with Gasteiger partial charge in [-0.15, -0.1) is 24.0 Å². The fraction of sp³-hybridized carbons (Fsp3) is 0.417. The Hall–Kier alpha value is -2.29. The van der Waals surface area contributed by atoms with Crippen LogP contribution in [0.3, 0.4) is 0 Å². The first kappa shape index (κ1) is 25.0. The summed E-state index contributed by atoms with van der Waals surface area (Å²) < 4.78 is 6.11. The van der Waals surface area contributed by atoms with E-state index in [0.29, 0.717) is 25.5 Å². The number of para-hydroxylation sites is 1. The number of amides is 1. The number of nitrogens with one attached hydrogen (secondary N) is 3. The fourth-order valence-corrected chi connectivity index (χ4v) is 3.57. The van der Waals surface area contributed by atoms with Crippen LogP contribution in [0.15, 0.2) is 59.6 Å². The van der Waals surface area contributed by atoms with Gasteiger partial charge in [0.15, 0.2) is 5.96 Å². The Bertz CT molecular complexity index is 871. The lowest BCUT2D eigenvalue weighted by molar-refractivity contribution is -0.121. The van der Waals surface area contributed by atoms with E-state index < -0.39 is 0 Å². The van der Waals surface area contributed by atoms with Gasteiger partial charge in [-0.25, -0.2) is 0 Å². The van der Waals surface area contributed by atoms with Crippen molar-refractivity contribution in [3.8, 4) is 5.75 Å². The number of ether oxygens (including phenoxy) is 1. The predicted molar refractivity (Wildman–Crippen MR) is 136 cm³/mol. The number of carbonyl (C=O) groups excluding carboxylic acids is 1. The molecule has 1 aliphatic heterocycles. The van der Waals surface area contributed by atoms with Gasteiger partial charge < -0.3 is 20.7 Å². The van der Waals surface area contributed by atoms with E-state index in [2.05, 4.69) is 40.9 Å². The van der Waals surface area contributed by atoms with Crippen LogP contribution in [0, 0.1) is 0 Å². The van der Waals surface area contributed by atoms with Crippen molar-refractivity contribution < 1.29 is 9.53 Å². The van der Waals surface area contributed by atoms with E-state index in [1.54, 1.807) is 0 Å². The molecule has 0 bridgehead atoms. The average molecular weight is 536 g/mol. The van der Waals surface area contributed by atoms with E-state index >= 15 is 0 Å². The molecule has 0 aromatic heterocycles. The fourth-order valence-electron chi connectivity index (χ4n) is 3.57. The zero-order chi connectivity index (χ0) is 21.4. The molecule has 3 rings (SSSR count). The van der Waals surface area contributed by atoms with Gasteiger partial charge in [-0.2, -0.15) is 0 Å². The highest BCUT2D eigenvalue weighted by atomic mass is 127. The minimum absolute atomic E-state index is 0. The second-order valence-electron chi connectivity index (χ2n) is 8.07. The summed E-state index contributed by atoms with van der Waals surface area (Å²) in [5.74, 6) is 1.62. The zero-order valence-electron chi connectivity index (χ0n) is 18.5. The van der Waals surface area contributed by atoms with Crippen LogP contribution in [0.2, 0.25) is 0 Å². The van der Waals surface area contributed by atoms with Crippen molar-refractivity contribution in [1.29, 1.82) is 0 Å². The Kier molecular flexibility index (Phi) is 9.61. The average Bonchev–Trinajstić information content (AvgIpc) is 2.72. The number of rotatable bonds is 7. The first-order valence-corrected chi connectivity index (χ1v) is 10.6. The number of fused-ring (bicyclic) bond motifs is 1. The summed E-state index contributed by atoms with van der Waals surface area (Å²) >= 11 is 0. The molecule has 0 saturated heterocycles. The monoisotopic (exact) mass is 536 g/mol. The van der Waals surface area contributed by atoms with E-state index in [-0.39, 0.29) is 41.5 Å². The number of guanidine groups is 1. The van der Waals surface area contributed by atoms with Crippen LogP contribution in [0.25, 0.3) is 0 Å². The third-order valence-corrected chi connectivity index (χ3v) is 4.97. The Balaban J connectivity index is 0.00000341. The molecule has 2 aromatic carbocycles. The molecule has 3 N–H and O–H groups in total. The molecule has 31 heavy (non-hydrogen) atoms. The number of nitrogens with zero attached hydrogens (tertiary/aromatic N) is 1. The number of carbonyl (C=O) groups is 1. The van der Waals surface area contributed by atoms with E-state index in [1.807, 2.05) is 55.5 Å². The lowest BCUT2D eigenvalue weighted by Gasteiger charge is -2.38. The smallest absolute Gasteiger partial charge is 0.222 e. The van der Waals surface area contributed by atoms with Gasteiger partial charge in [-0.3, -0.25) is 9.79 Å². The van der Waals surface area contributed by atoms with Crippen LogP contribution in [-0.4, -0.2) is 30.6 Å². The highest BCUT2D eigenvalue weighted by molar-refractivity contribution is 14.0. The lowest BCUT2D eigenvalue weighted by Crippen LogP contribution is -2.45. The number of benzene rings is 2. The van der Waals surface area contributed by atoms with Crippen molar-refractivity contribution in [1.82, 2.24) is 16.0 Å². The van der Waals surface area contributed by atoms with Crippen LogP contribution in [0.4, 0.5) is 0 Å². The lowest BCUT2D eigenvalue weighted by atomic mass is 9.90. The summed E-state index contributed by atoms with van der Waals surface area (Å²) in [6.45, 7) is 7.93. The van der Waals surface area contributed by atoms with Gasteiger partial charge in [0.25, 0.3) is 0 Å². The molecule has 0 spiro atoms. The third-order valence-electron chi connectivity index (χ3n) is 4.97. The first-order chi connectivity index (χ1) is 14.5. The molecular formula is C24H33IN4O2. The van der Waals surface area contributed by atoms with Crippen molar-refractivity contribution >= 4 is 35.8 Å². The topological polar surface area (TPSA) is 74.8 Å². The van der Waals surface area contributed by atoms with E-state index in [1.165, 1.54) is 0 Å². The van der Waals surface area contributed by atoms with E-state index in [4.69, 9.17) is 4.74 Å². The van der Waals surface area contributed by atoms with Crippen LogP contribution >= 0.6 is 24.0 Å². The Labute approximate surface area is 202 Å². The summed E-state index contributed by atoms with van der Waals surface area (Å²) in [6.07, 6.45) is 1.17. The van der Waals surface area contributed by atoms with Crippen LogP contribution in [0.5, 0.6) is 5.75 Å². The maximum atomic E-state index is 12.2. The van der Waals surface area contributed by atoms with Crippen LogP contribution in [0.1, 0.15) is 50.8 Å². The molecule has 1 amide bonds. The summed E-state index contributed by atoms with van der Waals surface area (Å²) in [5.41, 5.74) is 1.95. The van der Waals surface area contributed by atoms with Crippen molar-refractivity contribution in [3.63, 3.8) is 0 Å². The van der Waals surface area contributed by atoms with Gasteiger partial charge >= 0.3 is 0 Å². The molecule has 0 fully saturated rings. The van der Waals surface area contributed by atoms with Crippen LogP contribution < -0.4 is 20.7 Å². The highest BCUT2D eigenvalue weighted by Crippen LogP contribution is 2.39. The molecule has 7 heteroatoms. The molecule has 2 aromatic rings. The second kappa shape index (κ2) is 11.9. The molecule has 0 saturated carbocycles. The van der Waals surface area contributed by atoms with Gasteiger partial charge in [-0.1, -0.05) is 48.5 Å². The zero-order valence-corrected chi connectivity index (χ0v) is 20.8. The van der Waals surface area contributed by atoms with Gasteiger partial charge in [0, 0.05) is 31.5 Å². The SMILES string of the molecule is CCNC(=NCCC(=O)NCc1ccccc1)NC1CC(C)(C)Oc2ccccc21.I. The van der Waals surface area contributed by atoms with Gasteiger partial charge in [-0.05, 0) is 32.4 Å². The summed E-state index contributed by atoms with van der Waals surface area (Å²) in [5, 5.41) is 9.76. The predicted octanol–water partition coefficient (Wildman–Crippen LogP) is 4.17. The quantitative estimate of drug-likeness (QED) is 0.282. The largest absolute Gasteiger partial charge is 0.487 e. The maximum Gasteiger partial charge on any atom is 0.222 e. The molecule has 1 unspecified atom stereocenters. The number of hydrogen-bond donors (Lipinski definition) is 3. The van der Waals surface area contributed by atoms with Gasteiger partial charge in [0.2, 0.25) is 5.91 Å². The molecule has 0 aliphatic carbocycles. The minimum Gasteiger partial charge on any atom is -0.487 e. The summed E-state index contributed by atoms with van der Waals surface area (Å²) in [6, 6.07) is 18.1. The summed E-state index contributed by atoms with van der Waals surface area (Å²) in [4.78, 5) is 16.8. The van der Waals surface area contributed by atoms with E-state index in [9.17, 15) is 4.79 Å². The Morgan fingerprint density at radius 3 is 2.55 bits per heavy atom. The van der Waals surface area contributed by atoms with E-state index in [0.717, 1.165) is 29.8 Å². The molecule has 1 heterocycles.